The van der Waals surface area contributed by atoms with Gasteiger partial charge in [0.15, 0.2) is 6.61 Å². The zero-order valence-electron chi connectivity index (χ0n) is 12.6. The number of hydrogen-bond donors (Lipinski definition) is 2. The summed E-state index contributed by atoms with van der Waals surface area (Å²) in [6, 6.07) is 1.57. The Hall–Kier alpha value is -2.05. The van der Waals surface area contributed by atoms with Crippen LogP contribution in [-0.2, 0) is 9.59 Å². The molecule has 7 heteroatoms. The SMILES string of the molecule is Cc1cc(OCC(=O)NC(C)CCCC(C)C(=O)O)no1. The normalized spacial score (nSPS) is 13.5. The van der Waals surface area contributed by atoms with Gasteiger partial charge in [0.1, 0.15) is 5.76 Å². The first-order valence-corrected chi connectivity index (χ1v) is 6.96. The van der Waals surface area contributed by atoms with Crippen molar-refractivity contribution >= 4 is 11.9 Å². The van der Waals surface area contributed by atoms with Gasteiger partial charge in [-0.05, 0) is 31.8 Å². The average molecular weight is 298 g/mol. The monoisotopic (exact) mass is 298 g/mol. The third kappa shape index (κ3) is 6.78. The minimum atomic E-state index is -0.789. The van der Waals surface area contributed by atoms with Gasteiger partial charge in [-0.3, -0.25) is 9.59 Å². The number of nitrogens with zero attached hydrogens (tertiary/aromatic N) is 1. The molecule has 1 rings (SSSR count). The Labute approximate surface area is 123 Å². The lowest BCUT2D eigenvalue weighted by atomic mass is 10.0. The maximum absolute atomic E-state index is 11.7. The Morgan fingerprint density at radius 3 is 2.71 bits per heavy atom. The van der Waals surface area contributed by atoms with Crippen LogP contribution in [0.2, 0.25) is 0 Å². The second-order valence-electron chi connectivity index (χ2n) is 5.20. The van der Waals surface area contributed by atoms with Crippen molar-refractivity contribution in [3.8, 4) is 5.88 Å². The molecule has 1 amide bonds. The van der Waals surface area contributed by atoms with Crippen molar-refractivity contribution in [1.82, 2.24) is 10.5 Å². The fourth-order valence-electron chi connectivity index (χ4n) is 1.79. The molecule has 2 atom stereocenters. The minimum Gasteiger partial charge on any atom is -0.481 e. The smallest absolute Gasteiger partial charge is 0.306 e. The van der Waals surface area contributed by atoms with E-state index in [1.54, 1.807) is 19.9 Å². The number of carbonyl (C=O) groups excluding carboxylic acids is 1. The number of aryl methyl sites for hydroxylation is 1. The van der Waals surface area contributed by atoms with Crippen LogP contribution in [0.25, 0.3) is 0 Å². The van der Waals surface area contributed by atoms with Crippen molar-refractivity contribution in [2.75, 3.05) is 6.61 Å². The Balaban J connectivity index is 2.17. The third-order valence-corrected chi connectivity index (χ3v) is 3.06. The highest BCUT2D eigenvalue weighted by Crippen LogP contribution is 2.10. The molecule has 2 N–H and O–H groups in total. The standard InChI is InChI=1S/C14H22N2O5/c1-9(14(18)19)5-4-6-10(2)15-12(17)8-20-13-7-11(3)21-16-13/h7,9-10H,4-6,8H2,1-3H3,(H,15,17)(H,18,19). The molecule has 7 nitrogen and oxygen atoms in total. The van der Waals surface area contributed by atoms with Crippen LogP contribution >= 0.6 is 0 Å². The number of carboxylic acids is 1. The van der Waals surface area contributed by atoms with E-state index in [2.05, 4.69) is 10.5 Å². The molecular formula is C14H22N2O5. The molecule has 0 bridgehead atoms. The van der Waals surface area contributed by atoms with Crippen LogP contribution in [0.4, 0.5) is 0 Å². The number of rotatable bonds is 9. The van der Waals surface area contributed by atoms with Crippen LogP contribution in [0.5, 0.6) is 5.88 Å². The van der Waals surface area contributed by atoms with E-state index in [-0.39, 0.29) is 30.4 Å². The predicted octanol–water partition coefficient (Wildman–Crippen LogP) is 1.76. The molecule has 0 aliphatic carbocycles. The van der Waals surface area contributed by atoms with E-state index >= 15 is 0 Å². The molecule has 0 aliphatic rings. The lowest BCUT2D eigenvalue weighted by Crippen LogP contribution is -2.36. The lowest BCUT2D eigenvalue weighted by molar-refractivity contribution is -0.141. The van der Waals surface area contributed by atoms with Crippen molar-refractivity contribution in [3.05, 3.63) is 11.8 Å². The van der Waals surface area contributed by atoms with Gasteiger partial charge in [-0.15, -0.1) is 0 Å². The Bertz CT molecular complexity index is 472. The van der Waals surface area contributed by atoms with E-state index in [9.17, 15) is 9.59 Å². The Kier molecular flexibility index (Phi) is 6.71. The molecule has 0 spiro atoms. The van der Waals surface area contributed by atoms with Crippen LogP contribution in [-0.4, -0.2) is 34.8 Å². The molecule has 21 heavy (non-hydrogen) atoms. The first-order chi connectivity index (χ1) is 9.88. The van der Waals surface area contributed by atoms with Crippen LogP contribution in [0.1, 0.15) is 38.9 Å². The number of ether oxygens (including phenoxy) is 1. The molecule has 2 unspecified atom stereocenters. The topological polar surface area (TPSA) is 102 Å². The van der Waals surface area contributed by atoms with Gasteiger partial charge >= 0.3 is 5.97 Å². The van der Waals surface area contributed by atoms with Crippen molar-refractivity contribution in [2.24, 2.45) is 5.92 Å². The number of hydrogen-bond acceptors (Lipinski definition) is 5. The molecule has 0 fully saturated rings. The molecule has 1 heterocycles. The van der Waals surface area contributed by atoms with Crippen LogP contribution in [0.15, 0.2) is 10.6 Å². The Morgan fingerprint density at radius 1 is 1.43 bits per heavy atom. The molecule has 118 valence electrons. The maximum atomic E-state index is 11.7. The van der Waals surface area contributed by atoms with E-state index < -0.39 is 5.97 Å². The minimum absolute atomic E-state index is 0.0267. The quantitative estimate of drug-likeness (QED) is 0.720. The molecule has 0 radical (unpaired) electrons. The summed E-state index contributed by atoms with van der Waals surface area (Å²) in [5, 5.41) is 15.2. The van der Waals surface area contributed by atoms with Crippen molar-refractivity contribution in [2.45, 2.75) is 46.1 Å². The fourth-order valence-corrected chi connectivity index (χ4v) is 1.79. The van der Waals surface area contributed by atoms with Crippen LogP contribution in [0, 0.1) is 12.8 Å². The molecule has 1 aromatic rings. The number of carbonyl (C=O) groups is 2. The van der Waals surface area contributed by atoms with Gasteiger partial charge in [-0.1, -0.05) is 13.3 Å². The first kappa shape index (κ1) is 17.0. The maximum Gasteiger partial charge on any atom is 0.306 e. The fraction of sp³-hybridized carbons (Fsp3) is 0.643. The summed E-state index contributed by atoms with van der Waals surface area (Å²) in [4.78, 5) is 22.3. The zero-order chi connectivity index (χ0) is 15.8. The van der Waals surface area contributed by atoms with E-state index in [4.69, 9.17) is 14.4 Å². The number of amides is 1. The number of aromatic nitrogens is 1. The van der Waals surface area contributed by atoms with Crippen molar-refractivity contribution in [1.29, 1.82) is 0 Å². The predicted molar refractivity (Wildman–Crippen MR) is 75.0 cm³/mol. The summed E-state index contributed by atoms with van der Waals surface area (Å²) < 4.78 is 9.99. The number of nitrogens with one attached hydrogen (secondary N) is 1. The van der Waals surface area contributed by atoms with Gasteiger partial charge in [0.2, 0.25) is 0 Å². The van der Waals surface area contributed by atoms with E-state index in [1.165, 1.54) is 0 Å². The van der Waals surface area contributed by atoms with Crippen molar-refractivity contribution < 1.29 is 24.0 Å². The van der Waals surface area contributed by atoms with E-state index in [0.717, 1.165) is 12.8 Å². The van der Waals surface area contributed by atoms with Gasteiger partial charge < -0.3 is 19.7 Å². The summed E-state index contributed by atoms with van der Waals surface area (Å²) in [5.74, 6) is -0.485. The van der Waals surface area contributed by atoms with E-state index in [1.807, 2.05) is 6.92 Å². The van der Waals surface area contributed by atoms with Crippen molar-refractivity contribution in [3.63, 3.8) is 0 Å². The molecule has 0 aromatic carbocycles. The van der Waals surface area contributed by atoms with E-state index in [0.29, 0.717) is 12.2 Å². The second-order valence-corrected chi connectivity index (χ2v) is 5.20. The van der Waals surface area contributed by atoms with Gasteiger partial charge in [0, 0.05) is 12.1 Å². The lowest BCUT2D eigenvalue weighted by Gasteiger charge is -2.14. The second kappa shape index (κ2) is 8.28. The van der Waals surface area contributed by atoms with Crippen LogP contribution < -0.4 is 10.1 Å². The summed E-state index contributed by atoms with van der Waals surface area (Å²) in [6.07, 6.45) is 2.08. The van der Waals surface area contributed by atoms with Gasteiger partial charge in [0.25, 0.3) is 11.8 Å². The highest BCUT2D eigenvalue weighted by molar-refractivity contribution is 5.77. The zero-order valence-corrected chi connectivity index (χ0v) is 12.6. The molecular weight excluding hydrogens is 276 g/mol. The molecule has 0 saturated carbocycles. The first-order valence-electron chi connectivity index (χ1n) is 6.96. The summed E-state index contributed by atoms with van der Waals surface area (Å²) in [7, 11) is 0. The summed E-state index contributed by atoms with van der Waals surface area (Å²) in [5.41, 5.74) is 0. The van der Waals surface area contributed by atoms with Gasteiger partial charge in [0.05, 0.1) is 5.92 Å². The Morgan fingerprint density at radius 2 is 2.14 bits per heavy atom. The molecule has 1 aromatic heterocycles. The molecule has 0 saturated heterocycles. The molecule has 0 aliphatic heterocycles. The largest absolute Gasteiger partial charge is 0.481 e. The highest BCUT2D eigenvalue weighted by Gasteiger charge is 2.13. The average Bonchev–Trinajstić information content (AvgIpc) is 2.82. The third-order valence-electron chi connectivity index (χ3n) is 3.06. The van der Waals surface area contributed by atoms with Crippen LogP contribution in [0.3, 0.4) is 0 Å². The van der Waals surface area contributed by atoms with Gasteiger partial charge in [-0.25, -0.2) is 0 Å². The number of carboxylic acid groups (broad SMARTS) is 1. The summed E-state index contributed by atoms with van der Waals surface area (Å²) >= 11 is 0. The number of aliphatic carboxylic acids is 1. The highest BCUT2D eigenvalue weighted by atomic mass is 16.5. The van der Waals surface area contributed by atoms with Gasteiger partial charge in [-0.2, -0.15) is 0 Å². The summed E-state index contributed by atoms with van der Waals surface area (Å²) in [6.45, 7) is 5.17.